The van der Waals surface area contributed by atoms with Gasteiger partial charge in [-0.2, -0.15) is 0 Å². The van der Waals surface area contributed by atoms with Crippen LogP contribution in [0.1, 0.15) is 44.9 Å². The van der Waals surface area contributed by atoms with Crippen LogP contribution in [0.25, 0.3) is 0 Å². The van der Waals surface area contributed by atoms with Gasteiger partial charge in [-0.15, -0.1) is 0 Å². The van der Waals surface area contributed by atoms with E-state index in [0.29, 0.717) is 17.7 Å². The molecule has 2 saturated carbocycles. The largest absolute Gasteiger partial charge is 0.381 e. The molecule has 1 amide bonds. The second-order valence-corrected chi connectivity index (χ2v) is 8.31. The highest BCUT2D eigenvalue weighted by Gasteiger charge is 2.51. The summed E-state index contributed by atoms with van der Waals surface area (Å²) in [6.45, 7) is 4.98. The van der Waals surface area contributed by atoms with Crippen LogP contribution in [0.3, 0.4) is 0 Å². The normalized spacial score (nSPS) is 31.9. The van der Waals surface area contributed by atoms with Gasteiger partial charge in [0.1, 0.15) is 0 Å². The Morgan fingerprint density at radius 2 is 1.82 bits per heavy atom. The van der Waals surface area contributed by atoms with Gasteiger partial charge in [0.15, 0.2) is 0 Å². The van der Waals surface area contributed by atoms with Gasteiger partial charge in [-0.25, -0.2) is 0 Å². The summed E-state index contributed by atoms with van der Waals surface area (Å²) in [6, 6.07) is 0. The summed E-state index contributed by atoms with van der Waals surface area (Å²) >= 11 is 0. The van der Waals surface area contributed by atoms with Crippen molar-refractivity contribution in [2.75, 3.05) is 39.9 Å². The van der Waals surface area contributed by atoms with Gasteiger partial charge >= 0.3 is 0 Å². The lowest BCUT2D eigenvalue weighted by Crippen LogP contribution is -2.73. The van der Waals surface area contributed by atoms with Crippen LogP contribution in [-0.2, 0) is 9.53 Å². The van der Waals surface area contributed by atoms with Crippen molar-refractivity contribution in [1.29, 1.82) is 0 Å². The lowest BCUT2D eigenvalue weighted by Gasteiger charge is -2.59. The third-order valence-electron chi connectivity index (χ3n) is 6.49. The molecule has 1 spiro atoms. The minimum atomic E-state index is 0.255. The van der Waals surface area contributed by atoms with Gasteiger partial charge in [0.05, 0.1) is 5.54 Å². The van der Waals surface area contributed by atoms with Crippen molar-refractivity contribution in [3.63, 3.8) is 0 Å². The Labute approximate surface area is 134 Å². The maximum absolute atomic E-state index is 12.4. The maximum atomic E-state index is 12.4. The summed E-state index contributed by atoms with van der Waals surface area (Å²) in [5, 5.41) is 0. The molecule has 0 aromatic heterocycles. The molecule has 0 radical (unpaired) electrons. The molecule has 2 heterocycles. The second kappa shape index (κ2) is 5.79. The highest BCUT2D eigenvalue weighted by molar-refractivity contribution is 5.80. The van der Waals surface area contributed by atoms with Gasteiger partial charge in [0, 0.05) is 32.2 Å². The number of rotatable bonds is 5. The molecule has 4 aliphatic rings. The van der Waals surface area contributed by atoms with Crippen molar-refractivity contribution in [1.82, 2.24) is 9.80 Å². The zero-order chi connectivity index (χ0) is 15.2. The molecule has 124 valence electrons. The van der Waals surface area contributed by atoms with Crippen LogP contribution in [0, 0.1) is 17.8 Å². The summed E-state index contributed by atoms with van der Waals surface area (Å²) in [5.41, 5.74) is 0.255. The minimum Gasteiger partial charge on any atom is -0.381 e. The maximum Gasteiger partial charge on any atom is 0.225 e. The third-order valence-corrected chi connectivity index (χ3v) is 6.49. The Bertz CT molecular complexity index is 425. The van der Waals surface area contributed by atoms with Crippen molar-refractivity contribution in [3.05, 3.63) is 0 Å². The van der Waals surface area contributed by atoms with Crippen molar-refractivity contribution in [3.8, 4) is 0 Å². The molecule has 4 nitrogen and oxygen atoms in total. The van der Waals surface area contributed by atoms with E-state index >= 15 is 0 Å². The Morgan fingerprint density at radius 1 is 1.09 bits per heavy atom. The SMILES string of the molecule is CN1CC[C@@H](COCC2CC2)CC12CN(C(=O)C1CCC1)C2. The first-order valence-electron chi connectivity index (χ1n) is 9.24. The molecule has 4 fully saturated rings. The zero-order valence-electron chi connectivity index (χ0n) is 13.9. The molecule has 0 unspecified atom stereocenters. The number of ether oxygens (including phenoxy) is 1. The topological polar surface area (TPSA) is 32.8 Å². The predicted molar refractivity (Wildman–Crippen MR) is 85.5 cm³/mol. The van der Waals surface area contributed by atoms with Gasteiger partial charge < -0.3 is 9.64 Å². The fourth-order valence-electron chi connectivity index (χ4n) is 4.34. The summed E-state index contributed by atoms with van der Waals surface area (Å²) < 4.78 is 5.93. The monoisotopic (exact) mass is 306 g/mol. The van der Waals surface area contributed by atoms with Crippen LogP contribution < -0.4 is 0 Å². The quantitative estimate of drug-likeness (QED) is 0.780. The number of piperidine rings is 1. The predicted octanol–water partition coefficient (Wildman–Crippen LogP) is 2.14. The van der Waals surface area contributed by atoms with Crippen molar-refractivity contribution < 1.29 is 9.53 Å². The van der Waals surface area contributed by atoms with Crippen molar-refractivity contribution in [2.45, 2.75) is 50.5 Å². The Morgan fingerprint density at radius 3 is 2.45 bits per heavy atom. The second-order valence-electron chi connectivity index (χ2n) is 8.31. The van der Waals surface area contributed by atoms with Crippen LogP contribution in [0.2, 0.25) is 0 Å². The van der Waals surface area contributed by atoms with E-state index in [4.69, 9.17) is 4.74 Å². The fraction of sp³-hybridized carbons (Fsp3) is 0.944. The Balaban J connectivity index is 1.27. The highest BCUT2D eigenvalue weighted by atomic mass is 16.5. The fourth-order valence-corrected chi connectivity index (χ4v) is 4.34. The van der Waals surface area contributed by atoms with Gasteiger partial charge in [-0.3, -0.25) is 9.69 Å². The first-order chi connectivity index (χ1) is 10.7. The molecular weight excluding hydrogens is 276 g/mol. The average molecular weight is 306 g/mol. The van der Waals surface area contributed by atoms with Crippen molar-refractivity contribution in [2.24, 2.45) is 17.8 Å². The number of amides is 1. The summed E-state index contributed by atoms with van der Waals surface area (Å²) in [7, 11) is 2.24. The van der Waals surface area contributed by atoms with E-state index in [0.717, 1.165) is 51.6 Å². The number of likely N-dealkylation sites (N-methyl/N-ethyl adjacent to an activating group) is 1. The van der Waals surface area contributed by atoms with Crippen LogP contribution in [0.5, 0.6) is 0 Å². The molecule has 2 aliphatic carbocycles. The molecule has 2 aliphatic heterocycles. The highest BCUT2D eigenvalue weighted by Crippen LogP contribution is 2.40. The first-order valence-corrected chi connectivity index (χ1v) is 9.24. The zero-order valence-corrected chi connectivity index (χ0v) is 13.9. The van der Waals surface area contributed by atoms with E-state index in [-0.39, 0.29) is 5.54 Å². The molecule has 22 heavy (non-hydrogen) atoms. The van der Waals surface area contributed by atoms with Gasteiger partial charge in [-0.05, 0) is 64.0 Å². The Kier molecular flexibility index (Phi) is 3.93. The number of hydrogen-bond acceptors (Lipinski definition) is 3. The number of hydrogen-bond donors (Lipinski definition) is 0. The molecule has 0 aromatic carbocycles. The van der Waals surface area contributed by atoms with Crippen LogP contribution in [-0.4, -0.2) is 61.1 Å². The van der Waals surface area contributed by atoms with E-state index in [2.05, 4.69) is 16.8 Å². The van der Waals surface area contributed by atoms with E-state index in [1.54, 1.807) is 0 Å². The van der Waals surface area contributed by atoms with Crippen LogP contribution >= 0.6 is 0 Å². The van der Waals surface area contributed by atoms with Crippen molar-refractivity contribution >= 4 is 5.91 Å². The lowest BCUT2D eigenvalue weighted by atomic mass is 9.74. The van der Waals surface area contributed by atoms with Gasteiger partial charge in [-0.1, -0.05) is 6.42 Å². The summed E-state index contributed by atoms with van der Waals surface area (Å²) in [4.78, 5) is 17.0. The molecular formula is C18H30N2O2. The van der Waals surface area contributed by atoms with E-state index < -0.39 is 0 Å². The average Bonchev–Trinajstić information content (AvgIpc) is 3.20. The van der Waals surface area contributed by atoms with E-state index in [1.807, 2.05) is 0 Å². The van der Waals surface area contributed by atoms with E-state index in [9.17, 15) is 4.79 Å². The minimum absolute atomic E-state index is 0.255. The standard InChI is InChI=1S/C18H30N2O2/c1-19-8-7-15(11-22-10-14-5-6-14)9-18(19)12-20(13-18)17(21)16-3-2-4-16/h14-16H,2-13H2,1H3/t15-/m1/s1. The third kappa shape index (κ3) is 2.80. The molecule has 4 heteroatoms. The number of likely N-dealkylation sites (tertiary alicyclic amines) is 2. The number of nitrogens with zero attached hydrogens (tertiary/aromatic N) is 2. The Hall–Kier alpha value is -0.610. The van der Waals surface area contributed by atoms with Gasteiger partial charge in [0.25, 0.3) is 0 Å². The van der Waals surface area contributed by atoms with Gasteiger partial charge in [0.2, 0.25) is 5.91 Å². The molecule has 0 aromatic rings. The smallest absolute Gasteiger partial charge is 0.225 e. The summed E-state index contributed by atoms with van der Waals surface area (Å²) in [6.07, 6.45) is 8.69. The molecule has 2 saturated heterocycles. The molecule has 1 atom stereocenters. The number of carbonyl (C=O) groups is 1. The molecule has 0 bridgehead atoms. The number of carbonyl (C=O) groups excluding carboxylic acids is 1. The first kappa shape index (κ1) is 14.9. The molecule has 4 rings (SSSR count). The lowest BCUT2D eigenvalue weighted by molar-refractivity contribution is -0.158. The molecule has 0 N–H and O–H groups in total. The van der Waals surface area contributed by atoms with Crippen LogP contribution in [0.4, 0.5) is 0 Å². The van der Waals surface area contributed by atoms with Crippen LogP contribution in [0.15, 0.2) is 0 Å². The summed E-state index contributed by atoms with van der Waals surface area (Å²) in [5.74, 6) is 2.33. The van der Waals surface area contributed by atoms with E-state index in [1.165, 1.54) is 32.1 Å².